The van der Waals surface area contributed by atoms with Crippen molar-refractivity contribution in [3.05, 3.63) is 53.6 Å². The summed E-state index contributed by atoms with van der Waals surface area (Å²) in [5, 5.41) is 2.83. The largest absolute Gasteiger partial charge is 0.497 e. The van der Waals surface area contributed by atoms with Crippen LogP contribution >= 0.6 is 11.8 Å². The lowest BCUT2D eigenvalue weighted by Gasteiger charge is -2.09. The number of ether oxygens (including phenoxy) is 2. The van der Waals surface area contributed by atoms with Crippen LogP contribution in [-0.4, -0.2) is 31.3 Å². The van der Waals surface area contributed by atoms with Gasteiger partial charge in [0.25, 0.3) is 0 Å². The molecule has 3 rings (SSSR count). The number of rotatable bonds is 5. The lowest BCUT2D eigenvalue weighted by atomic mass is 10.1. The van der Waals surface area contributed by atoms with E-state index in [1.54, 1.807) is 31.0 Å². The summed E-state index contributed by atoms with van der Waals surface area (Å²) in [6.07, 6.45) is 1.11. The molecule has 0 spiro atoms. The minimum absolute atomic E-state index is 0.0312. The maximum absolute atomic E-state index is 12.2. The molecule has 0 fully saturated rings. The van der Waals surface area contributed by atoms with Crippen LogP contribution in [0.25, 0.3) is 0 Å². The molecule has 130 valence electrons. The molecule has 2 aromatic rings. The Kier molecular flexibility index (Phi) is 5.60. The minimum Gasteiger partial charge on any atom is -0.497 e. The van der Waals surface area contributed by atoms with Crippen LogP contribution in [0.5, 0.6) is 5.75 Å². The predicted molar refractivity (Wildman–Crippen MR) is 97.4 cm³/mol. The van der Waals surface area contributed by atoms with E-state index in [1.165, 1.54) is 0 Å². The van der Waals surface area contributed by atoms with Gasteiger partial charge in [0.15, 0.2) is 0 Å². The Balaban J connectivity index is 1.58. The van der Waals surface area contributed by atoms with E-state index < -0.39 is 0 Å². The number of hydrogen-bond acceptors (Lipinski definition) is 5. The van der Waals surface area contributed by atoms with Gasteiger partial charge in [-0.15, -0.1) is 11.8 Å². The molecule has 1 amide bonds. The van der Waals surface area contributed by atoms with Crippen LogP contribution in [0.4, 0.5) is 5.69 Å². The number of amides is 1. The number of methoxy groups -OCH3 is 1. The quantitative estimate of drug-likeness (QED) is 0.830. The molecular weight excluding hydrogens is 338 g/mol. The summed E-state index contributed by atoms with van der Waals surface area (Å²) in [7, 11) is 1.62. The van der Waals surface area contributed by atoms with Crippen LogP contribution in [0.15, 0.2) is 47.4 Å². The van der Waals surface area contributed by atoms with Gasteiger partial charge in [-0.25, -0.2) is 4.79 Å². The van der Waals surface area contributed by atoms with E-state index in [0.29, 0.717) is 30.7 Å². The van der Waals surface area contributed by atoms with Gasteiger partial charge < -0.3 is 14.8 Å². The average Bonchev–Trinajstić information content (AvgIpc) is 2.82. The van der Waals surface area contributed by atoms with Gasteiger partial charge >= 0.3 is 5.97 Å². The van der Waals surface area contributed by atoms with Crippen molar-refractivity contribution in [2.45, 2.75) is 17.7 Å². The first-order chi connectivity index (χ1) is 12.2. The molecule has 1 aliphatic rings. The molecule has 5 nitrogen and oxygen atoms in total. The van der Waals surface area contributed by atoms with Crippen molar-refractivity contribution in [3.63, 3.8) is 0 Å². The number of esters is 1. The Morgan fingerprint density at radius 1 is 1.20 bits per heavy atom. The van der Waals surface area contributed by atoms with Crippen molar-refractivity contribution < 1.29 is 19.1 Å². The summed E-state index contributed by atoms with van der Waals surface area (Å²) in [5.74, 6) is 1.12. The molecule has 25 heavy (non-hydrogen) atoms. The van der Waals surface area contributed by atoms with Gasteiger partial charge in [0.2, 0.25) is 5.91 Å². The van der Waals surface area contributed by atoms with Gasteiger partial charge in [0.1, 0.15) is 5.75 Å². The number of carbonyl (C=O) groups is 2. The smallest absolute Gasteiger partial charge is 0.338 e. The Hall–Kier alpha value is -2.47. The molecule has 0 radical (unpaired) electrons. The molecule has 0 aromatic heterocycles. The van der Waals surface area contributed by atoms with Crippen LogP contribution in [0.1, 0.15) is 22.3 Å². The topological polar surface area (TPSA) is 64.6 Å². The molecular formula is C19H19NO4S. The van der Waals surface area contributed by atoms with Crippen LogP contribution in [0.3, 0.4) is 0 Å². The van der Waals surface area contributed by atoms with Crippen molar-refractivity contribution in [1.29, 1.82) is 0 Å². The third kappa shape index (κ3) is 4.54. The van der Waals surface area contributed by atoms with Crippen molar-refractivity contribution in [2.75, 3.05) is 24.8 Å². The lowest BCUT2D eigenvalue weighted by Crippen LogP contribution is -2.12. The third-order valence-corrected chi connectivity index (χ3v) is 4.93. The highest BCUT2D eigenvalue weighted by Crippen LogP contribution is 2.31. The molecule has 2 aromatic carbocycles. The first kappa shape index (κ1) is 17.4. The Bertz CT molecular complexity index is 773. The van der Waals surface area contributed by atoms with Crippen LogP contribution in [0, 0.1) is 0 Å². The van der Waals surface area contributed by atoms with Crippen LogP contribution in [0.2, 0.25) is 0 Å². The number of benzene rings is 2. The fourth-order valence-electron chi connectivity index (χ4n) is 2.48. The van der Waals surface area contributed by atoms with Gasteiger partial charge in [-0.2, -0.15) is 0 Å². The van der Waals surface area contributed by atoms with Gasteiger partial charge in [0.05, 0.1) is 25.0 Å². The summed E-state index contributed by atoms with van der Waals surface area (Å²) in [5.41, 5.74) is 2.19. The van der Waals surface area contributed by atoms with E-state index in [1.807, 2.05) is 30.3 Å². The highest BCUT2D eigenvalue weighted by atomic mass is 32.2. The number of anilines is 1. The number of thioether (sulfide) groups is 1. The zero-order valence-electron chi connectivity index (χ0n) is 13.9. The molecule has 0 saturated heterocycles. The number of nitrogens with one attached hydrogen (secondary N) is 1. The highest BCUT2D eigenvalue weighted by molar-refractivity contribution is 7.99. The molecule has 0 aliphatic carbocycles. The number of hydrogen-bond donors (Lipinski definition) is 1. The van der Waals surface area contributed by atoms with Crippen molar-refractivity contribution in [3.8, 4) is 5.75 Å². The summed E-state index contributed by atoms with van der Waals surface area (Å²) in [4.78, 5) is 24.9. The average molecular weight is 357 g/mol. The Morgan fingerprint density at radius 2 is 2.00 bits per heavy atom. The zero-order chi connectivity index (χ0) is 17.6. The van der Waals surface area contributed by atoms with Gasteiger partial charge in [-0.1, -0.05) is 12.1 Å². The second-order valence-electron chi connectivity index (χ2n) is 5.59. The summed E-state index contributed by atoms with van der Waals surface area (Å²) < 4.78 is 10.5. The van der Waals surface area contributed by atoms with Crippen LogP contribution < -0.4 is 10.1 Å². The molecule has 0 unspecified atom stereocenters. The van der Waals surface area contributed by atoms with E-state index in [2.05, 4.69) is 5.32 Å². The maximum Gasteiger partial charge on any atom is 0.338 e. The lowest BCUT2D eigenvalue weighted by molar-refractivity contribution is -0.115. The molecule has 6 heteroatoms. The molecule has 0 bridgehead atoms. The molecule has 0 saturated carbocycles. The van der Waals surface area contributed by atoms with Gasteiger partial charge in [-0.3, -0.25) is 4.79 Å². The van der Waals surface area contributed by atoms with Crippen molar-refractivity contribution >= 4 is 29.3 Å². The van der Waals surface area contributed by atoms with Crippen molar-refractivity contribution in [1.82, 2.24) is 0 Å². The first-order valence-electron chi connectivity index (χ1n) is 8.02. The summed E-state index contributed by atoms with van der Waals surface area (Å²) in [6.45, 7) is 0.295. The van der Waals surface area contributed by atoms with E-state index in [-0.39, 0.29) is 11.9 Å². The number of fused-ring (bicyclic) bond motifs is 1. The van der Waals surface area contributed by atoms with Gasteiger partial charge in [0, 0.05) is 23.5 Å². The first-order valence-corrected chi connectivity index (χ1v) is 9.01. The summed E-state index contributed by atoms with van der Waals surface area (Å²) >= 11 is 1.61. The maximum atomic E-state index is 12.2. The third-order valence-electron chi connectivity index (χ3n) is 3.86. The van der Waals surface area contributed by atoms with E-state index >= 15 is 0 Å². The molecule has 0 atom stereocenters. The Labute approximate surface area is 150 Å². The number of carbonyl (C=O) groups excluding carboxylic acids is 2. The van der Waals surface area contributed by atoms with E-state index in [4.69, 9.17) is 9.47 Å². The van der Waals surface area contributed by atoms with Crippen LogP contribution in [-0.2, 0) is 16.0 Å². The highest BCUT2D eigenvalue weighted by Gasteiger charge is 2.16. The minimum atomic E-state index is -0.389. The van der Waals surface area contributed by atoms with E-state index in [0.717, 1.165) is 22.0 Å². The van der Waals surface area contributed by atoms with Crippen molar-refractivity contribution in [2.24, 2.45) is 0 Å². The summed E-state index contributed by atoms with van der Waals surface area (Å²) in [6, 6.07) is 12.9. The van der Waals surface area contributed by atoms with Gasteiger partial charge in [-0.05, 0) is 35.9 Å². The second-order valence-corrected chi connectivity index (χ2v) is 6.73. The molecule has 1 aliphatic heterocycles. The van der Waals surface area contributed by atoms with E-state index in [9.17, 15) is 9.59 Å². The monoisotopic (exact) mass is 357 g/mol. The normalized spacial score (nSPS) is 13.4. The zero-order valence-corrected chi connectivity index (χ0v) is 14.7. The Morgan fingerprint density at radius 3 is 2.76 bits per heavy atom. The fraction of sp³-hybridized carbons (Fsp3) is 0.263. The molecule has 1 N–H and O–H groups in total. The molecule has 1 heterocycles. The standard InChI is InChI=1S/C19H19NO4S/c1-23-15-5-2-13(3-6-15)8-10-24-19(22)14-4-7-17-16(12-14)20-18(21)9-11-25-17/h2-7,12H,8-11H2,1H3,(H,20,21). The fourth-order valence-corrected chi connectivity index (χ4v) is 3.42. The second kappa shape index (κ2) is 8.07. The predicted octanol–water partition coefficient (Wildman–Crippen LogP) is 3.53. The SMILES string of the molecule is COc1ccc(CCOC(=O)c2ccc3c(c2)NC(=O)CCS3)cc1.